The summed E-state index contributed by atoms with van der Waals surface area (Å²) in [6.07, 6.45) is 1.98. The molecule has 0 atom stereocenters. The SMILES string of the molecule is CSc1ccc(NC(=O)Nc2ccccc2F)cc1. The highest BCUT2D eigenvalue weighted by atomic mass is 32.2. The Hall–Kier alpha value is -2.01. The predicted molar refractivity (Wildman–Crippen MR) is 77.3 cm³/mol. The van der Waals surface area contributed by atoms with Crippen LogP contribution in [0.5, 0.6) is 0 Å². The Morgan fingerprint density at radius 2 is 1.74 bits per heavy atom. The predicted octanol–water partition coefficient (Wildman–Crippen LogP) is 4.19. The molecule has 0 saturated heterocycles. The number of carbonyl (C=O) groups excluding carboxylic acids is 1. The number of rotatable bonds is 3. The van der Waals surface area contributed by atoms with Crippen molar-refractivity contribution in [3.63, 3.8) is 0 Å². The average Bonchev–Trinajstić information content (AvgIpc) is 2.42. The molecule has 0 fully saturated rings. The Morgan fingerprint density at radius 1 is 1.05 bits per heavy atom. The number of anilines is 2. The zero-order valence-corrected chi connectivity index (χ0v) is 11.1. The molecule has 0 aliphatic rings. The monoisotopic (exact) mass is 276 g/mol. The lowest BCUT2D eigenvalue weighted by Gasteiger charge is -2.08. The van der Waals surface area contributed by atoms with Crippen molar-refractivity contribution in [2.24, 2.45) is 0 Å². The summed E-state index contributed by atoms with van der Waals surface area (Å²) in [6.45, 7) is 0. The standard InChI is InChI=1S/C14H13FN2OS/c1-19-11-8-6-10(7-9-11)16-14(18)17-13-5-3-2-4-12(13)15/h2-9H,1H3,(H2,16,17,18). The van der Waals surface area contributed by atoms with Gasteiger partial charge in [0.25, 0.3) is 0 Å². The lowest BCUT2D eigenvalue weighted by atomic mass is 10.3. The molecular weight excluding hydrogens is 263 g/mol. The number of thioether (sulfide) groups is 1. The summed E-state index contributed by atoms with van der Waals surface area (Å²) < 4.78 is 13.3. The van der Waals surface area contributed by atoms with Crippen molar-refractivity contribution in [3.05, 3.63) is 54.3 Å². The Balaban J connectivity index is 1.99. The first-order valence-corrected chi connectivity index (χ1v) is 6.88. The molecule has 19 heavy (non-hydrogen) atoms. The fourth-order valence-corrected chi connectivity index (χ4v) is 1.93. The van der Waals surface area contributed by atoms with Crippen LogP contribution in [-0.2, 0) is 0 Å². The van der Waals surface area contributed by atoms with E-state index < -0.39 is 11.8 Å². The molecule has 2 N–H and O–H groups in total. The topological polar surface area (TPSA) is 41.1 Å². The molecule has 0 aliphatic carbocycles. The third-order valence-electron chi connectivity index (χ3n) is 2.47. The Labute approximate surface area is 115 Å². The normalized spacial score (nSPS) is 10.0. The Kier molecular flexibility index (Phi) is 4.41. The summed E-state index contributed by atoms with van der Waals surface area (Å²) in [6, 6.07) is 13.0. The van der Waals surface area contributed by atoms with Crippen molar-refractivity contribution in [3.8, 4) is 0 Å². The van der Waals surface area contributed by atoms with Gasteiger partial charge in [0.15, 0.2) is 0 Å². The van der Waals surface area contributed by atoms with E-state index in [0.29, 0.717) is 5.69 Å². The molecule has 98 valence electrons. The van der Waals surface area contributed by atoms with Gasteiger partial charge in [0.05, 0.1) is 5.69 Å². The summed E-state index contributed by atoms with van der Waals surface area (Å²) in [7, 11) is 0. The minimum absolute atomic E-state index is 0.153. The van der Waals surface area contributed by atoms with Crippen LogP contribution in [0, 0.1) is 5.82 Å². The average molecular weight is 276 g/mol. The second kappa shape index (κ2) is 6.24. The fraction of sp³-hybridized carbons (Fsp3) is 0.0714. The molecule has 0 spiro atoms. The number of amides is 2. The van der Waals surface area contributed by atoms with E-state index in [2.05, 4.69) is 10.6 Å². The van der Waals surface area contributed by atoms with Crippen molar-refractivity contribution >= 4 is 29.2 Å². The van der Waals surface area contributed by atoms with E-state index in [1.54, 1.807) is 36.0 Å². The largest absolute Gasteiger partial charge is 0.323 e. The third-order valence-corrected chi connectivity index (χ3v) is 3.21. The summed E-state index contributed by atoms with van der Waals surface area (Å²) in [5.74, 6) is -0.463. The van der Waals surface area contributed by atoms with Gasteiger partial charge in [-0.25, -0.2) is 9.18 Å². The second-order valence-corrected chi connectivity index (χ2v) is 4.67. The molecule has 5 heteroatoms. The van der Waals surface area contributed by atoms with E-state index in [9.17, 15) is 9.18 Å². The van der Waals surface area contributed by atoms with E-state index >= 15 is 0 Å². The van der Waals surface area contributed by atoms with Crippen LogP contribution in [0.1, 0.15) is 0 Å². The van der Waals surface area contributed by atoms with Crippen molar-refractivity contribution in [1.29, 1.82) is 0 Å². The first-order chi connectivity index (χ1) is 9.19. The van der Waals surface area contributed by atoms with Gasteiger partial charge in [0.2, 0.25) is 0 Å². The third kappa shape index (κ3) is 3.72. The second-order valence-electron chi connectivity index (χ2n) is 3.79. The van der Waals surface area contributed by atoms with Crippen LogP contribution < -0.4 is 10.6 Å². The van der Waals surface area contributed by atoms with Crippen LogP contribution >= 0.6 is 11.8 Å². The summed E-state index contributed by atoms with van der Waals surface area (Å²) in [5, 5.41) is 5.10. The first kappa shape index (κ1) is 13.4. The van der Waals surface area contributed by atoms with Crippen LogP contribution in [-0.4, -0.2) is 12.3 Å². The fourth-order valence-electron chi connectivity index (χ4n) is 1.52. The van der Waals surface area contributed by atoms with Gasteiger partial charge in [-0.3, -0.25) is 0 Å². The smallest absolute Gasteiger partial charge is 0.308 e. The highest BCUT2D eigenvalue weighted by Gasteiger charge is 2.06. The molecule has 2 rings (SSSR count). The van der Waals surface area contributed by atoms with E-state index in [-0.39, 0.29) is 5.69 Å². The van der Waals surface area contributed by atoms with Crippen molar-refractivity contribution < 1.29 is 9.18 Å². The molecule has 0 aliphatic heterocycles. The summed E-state index contributed by atoms with van der Waals surface area (Å²) >= 11 is 1.62. The molecule has 0 heterocycles. The minimum Gasteiger partial charge on any atom is -0.308 e. The van der Waals surface area contributed by atoms with Gasteiger partial charge < -0.3 is 10.6 Å². The van der Waals surface area contributed by atoms with Crippen LogP contribution in [0.4, 0.5) is 20.6 Å². The van der Waals surface area contributed by atoms with Gasteiger partial charge in [-0.05, 0) is 42.7 Å². The van der Waals surface area contributed by atoms with Gasteiger partial charge in [-0.1, -0.05) is 12.1 Å². The van der Waals surface area contributed by atoms with E-state index in [0.717, 1.165) is 4.90 Å². The molecule has 0 radical (unpaired) electrons. The van der Waals surface area contributed by atoms with Crippen molar-refractivity contribution in [2.75, 3.05) is 16.9 Å². The summed E-state index contributed by atoms with van der Waals surface area (Å²) in [5.41, 5.74) is 0.812. The number of hydrogen-bond donors (Lipinski definition) is 2. The maximum atomic E-state index is 13.3. The Bertz CT molecular complexity index is 572. The summed E-state index contributed by atoms with van der Waals surface area (Å²) in [4.78, 5) is 12.8. The quantitative estimate of drug-likeness (QED) is 0.825. The Morgan fingerprint density at radius 3 is 2.37 bits per heavy atom. The molecule has 2 aromatic rings. The van der Waals surface area contributed by atoms with E-state index in [1.165, 1.54) is 12.1 Å². The lowest BCUT2D eigenvalue weighted by molar-refractivity contribution is 0.262. The first-order valence-electron chi connectivity index (χ1n) is 5.65. The van der Waals surface area contributed by atoms with Crippen LogP contribution in [0.25, 0.3) is 0 Å². The molecule has 2 amide bonds. The van der Waals surface area contributed by atoms with Crippen LogP contribution in [0.2, 0.25) is 0 Å². The number of nitrogens with one attached hydrogen (secondary N) is 2. The number of benzene rings is 2. The minimum atomic E-state index is -0.470. The maximum absolute atomic E-state index is 13.3. The number of para-hydroxylation sites is 1. The lowest BCUT2D eigenvalue weighted by Crippen LogP contribution is -2.19. The zero-order chi connectivity index (χ0) is 13.7. The highest BCUT2D eigenvalue weighted by molar-refractivity contribution is 7.98. The van der Waals surface area contributed by atoms with E-state index in [1.807, 2.05) is 18.4 Å². The molecule has 2 aromatic carbocycles. The maximum Gasteiger partial charge on any atom is 0.323 e. The van der Waals surface area contributed by atoms with Gasteiger partial charge >= 0.3 is 6.03 Å². The van der Waals surface area contributed by atoms with Gasteiger partial charge in [-0.15, -0.1) is 11.8 Å². The molecular formula is C14H13FN2OS. The number of hydrogen-bond acceptors (Lipinski definition) is 2. The molecule has 3 nitrogen and oxygen atoms in total. The molecule has 0 unspecified atom stereocenters. The van der Waals surface area contributed by atoms with Gasteiger partial charge in [0.1, 0.15) is 5.82 Å². The van der Waals surface area contributed by atoms with Crippen molar-refractivity contribution in [2.45, 2.75) is 4.90 Å². The van der Waals surface area contributed by atoms with Gasteiger partial charge in [-0.2, -0.15) is 0 Å². The zero-order valence-electron chi connectivity index (χ0n) is 10.3. The molecule has 0 bridgehead atoms. The highest BCUT2D eigenvalue weighted by Crippen LogP contribution is 2.18. The van der Waals surface area contributed by atoms with Crippen molar-refractivity contribution in [1.82, 2.24) is 0 Å². The van der Waals surface area contributed by atoms with Crippen LogP contribution in [0.3, 0.4) is 0 Å². The number of carbonyl (C=O) groups is 1. The van der Waals surface area contributed by atoms with Crippen LogP contribution in [0.15, 0.2) is 53.4 Å². The van der Waals surface area contributed by atoms with E-state index in [4.69, 9.17) is 0 Å². The van der Waals surface area contributed by atoms with Gasteiger partial charge in [0, 0.05) is 10.6 Å². The molecule has 0 saturated carbocycles. The number of halogens is 1. The molecule has 0 aromatic heterocycles. The number of urea groups is 1.